The number of carbonyl (C=O) groups is 1. The number of fused-ring (bicyclic) bond motifs is 1. The van der Waals surface area contributed by atoms with Gasteiger partial charge in [-0.2, -0.15) is 10.1 Å². The van der Waals surface area contributed by atoms with Crippen molar-refractivity contribution in [2.24, 2.45) is 0 Å². The minimum atomic E-state index is -0.305. The molecule has 1 amide bonds. The van der Waals surface area contributed by atoms with Gasteiger partial charge in [-0.05, 0) is 50.2 Å². The van der Waals surface area contributed by atoms with Crippen LogP contribution in [-0.4, -0.2) is 38.7 Å². The van der Waals surface area contributed by atoms with E-state index in [1.165, 1.54) is 11.3 Å². The first-order valence-corrected chi connectivity index (χ1v) is 12.2. The number of aryl methyl sites for hydroxylation is 1. The zero-order chi connectivity index (χ0) is 22.2. The summed E-state index contributed by atoms with van der Waals surface area (Å²) < 4.78 is 0.653. The van der Waals surface area contributed by atoms with E-state index in [0.29, 0.717) is 16.2 Å². The standard InChI is InChI=1S/C22H26ClN7OS/c1-12(2)15-11-18(29-28-15)25-20-13-5-3-6-14(13)24-22(27-20)30-10-4-7-16(30)21(31)26-19-9-8-17(23)32-19/h8-9,11-12,16H,3-7,10H2,1-2H3,(H,26,31)(H2,24,25,27,28,29)/t16-/m1/s1. The highest BCUT2D eigenvalue weighted by Gasteiger charge is 2.34. The van der Waals surface area contributed by atoms with E-state index in [9.17, 15) is 4.79 Å². The van der Waals surface area contributed by atoms with Crippen molar-refractivity contribution in [3.63, 3.8) is 0 Å². The lowest BCUT2D eigenvalue weighted by molar-refractivity contribution is -0.117. The van der Waals surface area contributed by atoms with E-state index in [-0.39, 0.29) is 11.9 Å². The number of halogens is 1. The number of anilines is 4. The minimum absolute atomic E-state index is 0.0477. The fourth-order valence-electron chi connectivity index (χ4n) is 4.33. The fraction of sp³-hybridized carbons (Fsp3) is 0.455. The quantitative estimate of drug-likeness (QED) is 0.474. The molecule has 1 fully saturated rings. The summed E-state index contributed by atoms with van der Waals surface area (Å²) in [5.41, 5.74) is 3.29. The van der Waals surface area contributed by atoms with Crippen LogP contribution >= 0.6 is 22.9 Å². The molecular formula is C22H26ClN7OS. The topological polar surface area (TPSA) is 98.8 Å². The Morgan fingerprint density at radius 1 is 1.28 bits per heavy atom. The lowest BCUT2D eigenvalue weighted by Gasteiger charge is -2.25. The van der Waals surface area contributed by atoms with Gasteiger partial charge in [0.1, 0.15) is 11.9 Å². The Kier molecular flexibility index (Phi) is 5.77. The number of rotatable bonds is 6. The molecule has 0 spiro atoms. The number of thiophene rings is 1. The Labute approximate surface area is 195 Å². The first-order chi connectivity index (χ1) is 15.5. The molecule has 0 unspecified atom stereocenters. The Bertz CT molecular complexity index is 1140. The summed E-state index contributed by atoms with van der Waals surface area (Å²) in [5, 5.41) is 14.6. The third kappa shape index (κ3) is 4.19. The van der Waals surface area contributed by atoms with E-state index in [2.05, 4.69) is 34.7 Å². The second kappa shape index (κ2) is 8.71. The van der Waals surface area contributed by atoms with Gasteiger partial charge in [-0.1, -0.05) is 25.4 Å². The molecule has 3 N–H and O–H groups in total. The lowest BCUT2D eigenvalue weighted by Crippen LogP contribution is -2.40. The van der Waals surface area contributed by atoms with Crippen LogP contribution in [0.15, 0.2) is 18.2 Å². The molecule has 2 aliphatic rings. The fourth-order valence-corrected chi connectivity index (χ4v) is 5.28. The Morgan fingerprint density at radius 2 is 2.16 bits per heavy atom. The van der Waals surface area contributed by atoms with E-state index >= 15 is 0 Å². The van der Waals surface area contributed by atoms with E-state index in [0.717, 1.165) is 72.2 Å². The van der Waals surface area contributed by atoms with Gasteiger partial charge in [0.05, 0.1) is 15.0 Å². The van der Waals surface area contributed by atoms with E-state index in [1.807, 2.05) is 17.0 Å². The van der Waals surface area contributed by atoms with Gasteiger partial charge in [0.15, 0.2) is 5.82 Å². The van der Waals surface area contributed by atoms with Gasteiger partial charge in [-0.15, -0.1) is 11.3 Å². The van der Waals surface area contributed by atoms with Gasteiger partial charge in [0.2, 0.25) is 11.9 Å². The molecule has 1 aliphatic heterocycles. The van der Waals surface area contributed by atoms with Crippen molar-refractivity contribution in [2.75, 3.05) is 22.1 Å². The number of hydrogen-bond acceptors (Lipinski definition) is 7. The van der Waals surface area contributed by atoms with Crippen molar-refractivity contribution in [2.45, 2.75) is 57.9 Å². The largest absolute Gasteiger partial charge is 0.329 e. The summed E-state index contributed by atoms with van der Waals surface area (Å²) in [6.45, 7) is 5.00. The number of H-pyrrole nitrogens is 1. The summed E-state index contributed by atoms with van der Waals surface area (Å²) >= 11 is 7.37. The number of aromatic amines is 1. The second-order valence-electron chi connectivity index (χ2n) is 8.58. The van der Waals surface area contributed by atoms with Crippen molar-refractivity contribution in [3.05, 3.63) is 39.5 Å². The molecule has 4 heterocycles. The molecule has 0 bridgehead atoms. The number of carbonyl (C=O) groups excluding carboxylic acids is 1. The SMILES string of the molecule is CC(C)c1cc(Nc2nc(N3CCC[C@@H]3C(=O)Nc3ccc(Cl)s3)nc3c2CCC3)n[nH]1. The smallest absolute Gasteiger partial charge is 0.247 e. The van der Waals surface area contributed by atoms with E-state index < -0.39 is 0 Å². The first kappa shape index (κ1) is 21.2. The molecule has 8 nitrogen and oxygen atoms in total. The molecule has 0 radical (unpaired) electrons. The maximum absolute atomic E-state index is 13.0. The number of nitrogens with one attached hydrogen (secondary N) is 3. The highest BCUT2D eigenvalue weighted by Crippen LogP contribution is 2.33. The highest BCUT2D eigenvalue weighted by molar-refractivity contribution is 7.20. The third-order valence-electron chi connectivity index (χ3n) is 6.02. The van der Waals surface area contributed by atoms with Crippen LogP contribution in [-0.2, 0) is 17.6 Å². The van der Waals surface area contributed by atoms with Gasteiger partial charge < -0.3 is 15.5 Å². The second-order valence-corrected chi connectivity index (χ2v) is 10.3. The molecule has 32 heavy (non-hydrogen) atoms. The third-order valence-corrected chi connectivity index (χ3v) is 7.17. The maximum Gasteiger partial charge on any atom is 0.247 e. The zero-order valence-electron chi connectivity index (χ0n) is 18.1. The van der Waals surface area contributed by atoms with Crippen molar-refractivity contribution in [3.8, 4) is 0 Å². The summed E-state index contributed by atoms with van der Waals surface area (Å²) in [4.78, 5) is 24.8. The van der Waals surface area contributed by atoms with Crippen molar-refractivity contribution in [1.29, 1.82) is 0 Å². The monoisotopic (exact) mass is 471 g/mol. The molecule has 3 aromatic rings. The van der Waals surface area contributed by atoms with Crippen molar-refractivity contribution >= 4 is 51.4 Å². The molecular weight excluding hydrogens is 446 g/mol. The van der Waals surface area contributed by atoms with Gasteiger partial charge >= 0.3 is 0 Å². The predicted octanol–water partition coefficient (Wildman–Crippen LogP) is 4.88. The molecule has 0 aromatic carbocycles. The average molecular weight is 472 g/mol. The number of hydrogen-bond donors (Lipinski definition) is 3. The van der Waals surface area contributed by atoms with Crippen LogP contribution in [0.4, 0.5) is 22.6 Å². The molecule has 0 saturated carbocycles. The van der Waals surface area contributed by atoms with Gasteiger partial charge in [-0.3, -0.25) is 9.89 Å². The van der Waals surface area contributed by atoms with Crippen LogP contribution in [0.3, 0.4) is 0 Å². The average Bonchev–Trinajstić information content (AvgIpc) is 3.54. The summed E-state index contributed by atoms with van der Waals surface area (Å²) in [6, 6.07) is 5.33. The highest BCUT2D eigenvalue weighted by atomic mass is 35.5. The molecule has 1 aliphatic carbocycles. The zero-order valence-corrected chi connectivity index (χ0v) is 19.7. The summed E-state index contributed by atoms with van der Waals surface area (Å²) in [6.07, 6.45) is 4.62. The molecule has 1 saturated heterocycles. The summed E-state index contributed by atoms with van der Waals surface area (Å²) in [5.74, 6) is 2.47. The Hall–Kier alpha value is -2.65. The Morgan fingerprint density at radius 3 is 2.91 bits per heavy atom. The van der Waals surface area contributed by atoms with Crippen LogP contribution in [0.5, 0.6) is 0 Å². The van der Waals surface area contributed by atoms with Crippen LogP contribution in [0.1, 0.15) is 56.0 Å². The number of nitrogens with zero attached hydrogens (tertiary/aromatic N) is 4. The van der Waals surface area contributed by atoms with Crippen molar-refractivity contribution < 1.29 is 4.79 Å². The van der Waals surface area contributed by atoms with Crippen molar-refractivity contribution in [1.82, 2.24) is 20.2 Å². The van der Waals surface area contributed by atoms with Gasteiger partial charge in [0, 0.05) is 23.9 Å². The van der Waals surface area contributed by atoms with Crippen LogP contribution < -0.4 is 15.5 Å². The number of aromatic nitrogens is 4. The van der Waals surface area contributed by atoms with Crippen LogP contribution in [0.2, 0.25) is 4.34 Å². The van der Waals surface area contributed by atoms with E-state index in [1.54, 1.807) is 6.07 Å². The van der Waals surface area contributed by atoms with E-state index in [4.69, 9.17) is 21.6 Å². The molecule has 1 atom stereocenters. The normalized spacial score (nSPS) is 17.8. The summed E-state index contributed by atoms with van der Waals surface area (Å²) in [7, 11) is 0. The van der Waals surface area contributed by atoms with Gasteiger partial charge in [-0.25, -0.2) is 4.98 Å². The molecule has 168 valence electrons. The predicted molar refractivity (Wildman–Crippen MR) is 128 cm³/mol. The lowest BCUT2D eigenvalue weighted by atomic mass is 10.1. The Balaban J connectivity index is 1.41. The maximum atomic E-state index is 13.0. The van der Waals surface area contributed by atoms with Crippen LogP contribution in [0, 0.1) is 0 Å². The molecule has 3 aromatic heterocycles. The first-order valence-electron chi connectivity index (χ1n) is 11.0. The molecule has 5 rings (SSSR count). The molecule has 10 heteroatoms. The number of amides is 1. The minimum Gasteiger partial charge on any atom is -0.329 e. The van der Waals surface area contributed by atoms with Gasteiger partial charge in [0.25, 0.3) is 0 Å². The van der Waals surface area contributed by atoms with Crippen LogP contribution in [0.25, 0.3) is 0 Å².